The zero-order valence-electron chi connectivity index (χ0n) is 8.14. The van der Waals surface area contributed by atoms with Crippen LogP contribution in [0, 0.1) is 0 Å². The third-order valence-corrected chi connectivity index (χ3v) is 2.46. The van der Waals surface area contributed by atoms with E-state index >= 15 is 0 Å². The quantitative estimate of drug-likeness (QED) is 0.222. The Hall–Kier alpha value is -0.600. The molecule has 1 heterocycles. The molecule has 1 rings (SSSR count). The molecule has 0 spiro atoms. The average Bonchev–Trinajstić information content (AvgIpc) is 2.19. The molecule has 0 aliphatic carbocycles. The second-order valence-corrected chi connectivity index (χ2v) is 4.10. The first-order valence-corrected chi connectivity index (χ1v) is 4.89. The summed E-state index contributed by atoms with van der Waals surface area (Å²) >= 11 is 5.45. The first kappa shape index (κ1) is 13.5. The second kappa shape index (κ2) is 5.15. The second-order valence-electron chi connectivity index (χ2n) is 3.51. The van der Waals surface area contributed by atoms with E-state index in [1.165, 1.54) is 0 Å². The summed E-state index contributed by atoms with van der Waals surface area (Å²) in [5.41, 5.74) is 8.05. The molecular weight excluding hydrogens is 242 g/mol. The number of rotatable bonds is 3. The van der Waals surface area contributed by atoms with Gasteiger partial charge in [0.2, 0.25) is 5.25 Å². The summed E-state index contributed by atoms with van der Waals surface area (Å²) in [6, 6.07) is 0. The van der Waals surface area contributed by atoms with Crippen molar-refractivity contribution in [3.63, 3.8) is 0 Å². The Morgan fingerprint density at radius 2 is 2.25 bits per heavy atom. The van der Waals surface area contributed by atoms with Crippen LogP contribution in [-0.2, 0) is 4.74 Å². The Bertz CT molecular complexity index is 296. The molecule has 1 aliphatic heterocycles. The molecule has 5 atom stereocenters. The van der Waals surface area contributed by atoms with Gasteiger partial charge in [-0.1, -0.05) is 16.7 Å². The number of azide groups is 1. The van der Waals surface area contributed by atoms with E-state index in [1.54, 1.807) is 0 Å². The predicted molar refractivity (Wildman–Crippen MR) is 52.3 cm³/mol. The predicted octanol–water partition coefficient (Wildman–Crippen LogP) is -0.947. The summed E-state index contributed by atoms with van der Waals surface area (Å²) in [5, 5.41) is 38.7. The molecule has 1 aliphatic rings. The molecule has 0 aromatic heterocycles. The highest BCUT2D eigenvalue weighted by molar-refractivity contribution is 6.21. The topological polar surface area (TPSA) is 139 Å². The van der Waals surface area contributed by atoms with Crippen molar-refractivity contribution in [1.29, 1.82) is 0 Å². The molecule has 0 amide bonds. The fraction of sp³-hybridized carbons (Fsp3) is 1.00. The number of nitrogens with zero attached hydrogens (tertiary/aromatic N) is 3. The normalized spacial score (nSPS) is 41.2. The van der Waals surface area contributed by atoms with Crippen molar-refractivity contribution in [2.45, 2.75) is 36.1 Å². The van der Waals surface area contributed by atoms with E-state index in [9.17, 15) is 20.4 Å². The van der Waals surface area contributed by atoms with Gasteiger partial charge < -0.3 is 25.2 Å². The first-order valence-electron chi connectivity index (χ1n) is 4.51. The van der Waals surface area contributed by atoms with Crippen LogP contribution in [0.2, 0.25) is 0 Å². The fourth-order valence-corrected chi connectivity index (χ4v) is 1.72. The third kappa shape index (κ3) is 3.19. The number of alkyl halides is 1. The van der Waals surface area contributed by atoms with Gasteiger partial charge in [-0.2, -0.15) is 0 Å². The number of ether oxygens (including phenoxy) is 1. The van der Waals surface area contributed by atoms with Crippen LogP contribution < -0.4 is 0 Å². The summed E-state index contributed by atoms with van der Waals surface area (Å²) < 4.78 is 4.79. The lowest BCUT2D eigenvalue weighted by atomic mass is 9.97. The van der Waals surface area contributed by atoms with E-state index < -0.39 is 29.7 Å². The van der Waals surface area contributed by atoms with Crippen LogP contribution in [0.4, 0.5) is 0 Å². The van der Waals surface area contributed by atoms with Crippen LogP contribution in [0.15, 0.2) is 5.11 Å². The molecule has 16 heavy (non-hydrogen) atoms. The van der Waals surface area contributed by atoms with Crippen LogP contribution in [0.1, 0.15) is 6.42 Å². The summed E-state index contributed by atoms with van der Waals surface area (Å²) in [6.07, 6.45) is -5.83. The van der Waals surface area contributed by atoms with Gasteiger partial charge in [0.05, 0.1) is 18.8 Å². The fourth-order valence-electron chi connectivity index (χ4n) is 1.45. The van der Waals surface area contributed by atoms with Crippen LogP contribution in [0.3, 0.4) is 0 Å². The Morgan fingerprint density at radius 3 is 2.81 bits per heavy atom. The minimum Gasteiger partial charge on any atom is -0.390 e. The van der Waals surface area contributed by atoms with Crippen LogP contribution in [-0.4, -0.2) is 56.6 Å². The van der Waals surface area contributed by atoms with Crippen molar-refractivity contribution in [3.8, 4) is 0 Å². The summed E-state index contributed by atoms with van der Waals surface area (Å²) in [4.78, 5) is 2.42. The van der Waals surface area contributed by atoms with Gasteiger partial charge in [-0.3, -0.25) is 0 Å². The Morgan fingerprint density at radius 1 is 1.62 bits per heavy atom. The molecule has 0 saturated carbocycles. The molecule has 9 heteroatoms. The molecule has 0 bridgehead atoms. The van der Waals surface area contributed by atoms with Gasteiger partial charge >= 0.3 is 0 Å². The van der Waals surface area contributed by atoms with E-state index in [4.69, 9.17) is 21.9 Å². The van der Waals surface area contributed by atoms with Crippen LogP contribution in [0.5, 0.6) is 0 Å². The van der Waals surface area contributed by atoms with Gasteiger partial charge in [0.1, 0.15) is 12.2 Å². The van der Waals surface area contributed by atoms with Crippen LogP contribution in [0.25, 0.3) is 10.4 Å². The largest absolute Gasteiger partial charge is 0.390 e. The molecule has 0 aromatic rings. The molecule has 0 radical (unpaired) electrons. The van der Waals surface area contributed by atoms with E-state index in [1.807, 2.05) is 0 Å². The Labute approximate surface area is 95.7 Å². The summed E-state index contributed by atoms with van der Waals surface area (Å²) in [5.74, 6) is 0. The Balaban J connectivity index is 2.72. The monoisotopic (exact) mass is 253 g/mol. The van der Waals surface area contributed by atoms with Crippen molar-refractivity contribution in [2.24, 2.45) is 5.11 Å². The SMILES string of the molecule is [N-]=[N+]=NC[C@@H](O)[C@H]1OC(O)(Cl)C[C@H](O)[C@H]1O. The maximum Gasteiger partial charge on any atom is 0.248 e. The van der Waals surface area contributed by atoms with Crippen molar-refractivity contribution >= 4 is 11.6 Å². The van der Waals surface area contributed by atoms with Crippen molar-refractivity contribution in [3.05, 3.63) is 10.4 Å². The molecule has 1 saturated heterocycles. The zero-order chi connectivity index (χ0) is 12.3. The summed E-state index contributed by atoms with van der Waals surface area (Å²) in [6.45, 7) is -0.363. The van der Waals surface area contributed by atoms with Crippen molar-refractivity contribution in [1.82, 2.24) is 0 Å². The number of aliphatic hydroxyl groups excluding tert-OH is 3. The summed E-state index contributed by atoms with van der Waals surface area (Å²) in [7, 11) is 0. The van der Waals surface area contributed by atoms with Crippen molar-refractivity contribution < 1.29 is 25.2 Å². The lowest BCUT2D eigenvalue weighted by Crippen LogP contribution is -2.57. The molecule has 92 valence electrons. The van der Waals surface area contributed by atoms with Gasteiger partial charge in [-0.25, -0.2) is 0 Å². The van der Waals surface area contributed by atoms with Gasteiger partial charge in [0.25, 0.3) is 0 Å². The van der Waals surface area contributed by atoms with Crippen LogP contribution >= 0.6 is 11.6 Å². The first-order chi connectivity index (χ1) is 7.37. The van der Waals surface area contributed by atoms with Crippen molar-refractivity contribution in [2.75, 3.05) is 6.54 Å². The third-order valence-electron chi connectivity index (χ3n) is 2.22. The minimum absolute atomic E-state index is 0.363. The molecule has 1 unspecified atom stereocenters. The molecule has 4 N–H and O–H groups in total. The molecule has 1 fully saturated rings. The number of halogens is 1. The van der Waals surface area contributed by atoms with Gasteiger partial charge in [-0.15, -0.1) is 0 Å². The zero-order valence-corrected chi connectivity index (χ0v) is 8.90. The lowest BCUT2D eigenvalue weighted by Gasteiger charge is -2.40. The molecule has 8 nitrogen and oxygen atoms in total. The van der Waals surface area contributed by atoms with Gasteiger partial charge in [0.15, 0.2) is 0 Å². The Kier molecular flexibility index (Phi) is 4.34. The van der Waals surface area contributed by atoms with E-state index in [-0.39, 0.29) is 13.0 Å². The van der Waals surface area contributed by atoms with E-state index in [0.717, 1.165) is 0 Å². The van der Waals surface area contributed by atoms with E-state index in [0.29, 0.717) is 0 Å². The highest BCUT2D eigenvalue weighted by Gasteiger charge is 2.46. The molecule has 0 aromatic carbocycles. The maximum atomic E-state index is 9.50. The average molecular weight is 254 g/mol. The van der Waals surface area contributed by atoms with Gasteiger partial charge in [-0.05, 0) is 5.53 Å². The maximum absolute atomic E-state index is 9.50. The number of aliphatic hydroxyl groups is 4. The highest BCUT2D eigenvalue weighted by Crippen LogP contribution is 2.31. The minimum atomic E-state index is -2.15. The van der Waals surface area contributed by atoms with E-state index in [2.05, 4.69) is 10.0 Å². The lowest BCUT2D eigenvalue weighted by molar-refractivity contribution is -0.274. The number of hydrogen-bond acceptors (Lipinski definition) is 6. The number of hydrogen-bond donors (Lipinski definition) is 4. The molecular formula is C7H12ClN3O5. The smallest absolute Gasteiger partial charge is 0.248 e. The standard InChI is InChI=1S/C7H12ClN3O5/c8-7(15)1-3(12)5(14)6(16-7)4(13)2-10-11-9/h3-6,12-15H,1-2H2/t3-,4+,5+,6+,7?/m0/s1. The van der Waals surface area contributed by atoms with Gasteiger partial charge in [0, 0.05) is 11.3 Å². The highest BCUT2D eigenvalue weighted by atomic mass is 35.5.